The Labute approximate surface area is 131 Å². The van der Waals surface area contributed by atoms with Crippen molar-refractivity contribution in [3.05, 3.63) is 42.1 Å². The van der Waals surface area contributed by atoms with Crippen molar-refractivity contribution in [1.82, 2.24) is 19.5 Å². The lowest BCUT2D eigenvalue weighted by atomic mass is 10.1. The highest BCUT2D eigenvalue weighted by molar-refractivity contribution is 5.97. The maximum absolute atomic E-state index is 11.5. The molecule has 0 fully saturated rings. The molecule has 7 heteroatoms. The Kier molecular flexibility index (Phi) is 2.87. The van der Waals surface area contributed by atoms with E-state index in [0.29, 0.717) is 28.8 Å². The second-order valence-corrected chi connectivity index (χ2v) is 5.23. The number of ketones is 1. The van der Waals surface area contributed by atoms with Crippen LogP contribution in [-0.2, 0) is 7.05 Å². The number of anilines is 2. The molecule has 1 N–H and O–H groups in total. The lowest BCUT2D eigenvalue weighted by molar-refractivity contribution is 0.101. The van der Waals surface area contributed by atoms with E-state index in [1.165, 1.54) is 6.92 Å². The van der Waals surface area contributed by atoms with Gasteiger partial charge >= 0.3 is 6.01 Å². The van der Waals surface area contributed by atoms with Crippen LogP contribution in [0.1, 0.15) is 17.3 Å². The molecular formula is C16H13N5O2. The van der Waals surface area contributed by atoms with E-state index in [0.717, 1.165) is 11.0 Å². The van der Waals surface area contributed by atoms with E-state index >= 15 is 0 Å². The Balaban J connectivity index is 1.76. The van der Waals surface area contributed by atoms with Crippen LogP contribution in [0, 0.1) is 0 Å². The molecule has 0 unspecified atom stereocenters. The second kappa shape index (κ2) is 4.91. The van der Waals surface area contributed by atoms with Crippen molar-refractivity contribution in [2.75, 3.05) is 5.32 Å². The molecule has 7 nitrogen and oxygen atoms in total. The quantitative estimate of drug-likeness (QED) is 0.585. The average Bonchev–Trinajstić information content (AvgIpc) is 3.08. The molecule has 1 aromatic carbocycles. The van der Waals surface area contributed by atoms with Gasteiger partial charge in [0.2, 0.25) is 11.7 Å². The first-order chi connectivity index (χ1) is 11.1. The number of Topliss-reactive ketones (excluding diaryl/α,β-unsaturated/α-hetero) is 1. The normalized spacial score (nSPS) is 11.2. The van der Waals surface area contributed by atoms with Crippen molar-refractivity contribution >= 4 is 40.0 Å². The molecule has 0 aliphatic carbocycles. The number of benzene rings is 1. The SMILES string of the molecule is CC(=O)c1ccc2c(c1)nc(Nc1nc3cccnc3o1)n2C. The minimum Gasteiger partial charge on any atom is -0.404 e. The van der Waals surface area contributed by atoms with Crippen molar-refractivity contribution in [1.29, 1.82) is 0 Å². The van der Waals surface area contributed by atoms with Gasteiger partial charge in [-0.1, -0.05) is 0 Å². The maximum atomic E-state index is 11.5. The summed E-state index contributed by atoms with van der Waals surface area (Å²) in [5, 5.41) is 3.05. The Bertz CT molecular complexity index is 1010. The zero-order chi connectivity index (χ0) is 16.0. The molecule has 0 spiro atoms. The van der Waals surface area contributed by atoms with Crippen molar-refractivity contribution < 1.29 is 9.21 Å². The van der Waals surface area contributed by atoms with Crippen LogP contribution < -0.4 is 5.32 Å². The number of rotatable bonds is 3. The minimum atomic E-state index is 0.0112. The number of nitrogens with zero attached hydrogens (tertiary/aromatic N) is 4. The number of carbonyl (C=O) groups excluding carboxylic acids is 1. The van der Waals surface area contributed by atoms with Crippen LogP contribution >= 0.6 is 0 Å². The molecule has 4 aromatic rings. The summed E-state index contributed by atoms with van der Waals surface area (Å²) in [5.74, 6) is 0.587. The number of imidazole rings is 1. The number of hydrogen-bond donors (Lipinski definition) is 1. The fourth-order valence-electron chi connectivity index (χ4n) is 2.45. The van der Waals surface area contributed by atoms with E-state index < -0.39 is 0 Å². The largest absolute Gasteiger partial charge is 0.404 e. The Morgan fingerprint density at radius 3 is 2.87 bits per heavy atom. The lowest BCUT2D eigenvalue weighted by Crippen LogP contribution is -1.99. The third-order valence-corrected chi connectivity index (χ3v) is 3.67. The molecular weight excluding hydrogens is 294 g/mol. The Morgan fingerprint density at radius 2 is 2.09 bits per heavy atom. The monoisotopic (exact) mass is 307 g/mol. The Hall–Kier alpha value is -3.22. The van der Waals surface area contributed by atoms with Gasteiger partial charge in [0.1, 0.15) is 5.52 Å². The van der Waals surface area contributed by atoms with E-state index in [4.69, 9.17) is 4.42 Å². The zero-order valence-electron chi connectivity index (χ0n) is 12.6. The summed E-state index contributed by atoms with van der Waals surface area (Å²) in [6, 6.07) is 9.38. The topological polar surface area (TPSA) is 85.8 Å². The maximum Gasteiger partial charge on any atom is 0.304 e. The highest BCUT2D eigenvalue weighted by Gasteiger charge is 2.13. The van der Waals surface area contributed by atoms with Gasteiger partial charge in [-0.2, -0.15) is 4.98 Å². The van der Waals surface area contributed by atoms with Crippen molar-refractivity contribution in [2.45, 2.75) is 6.92 Å². The number of carbonyl (C=O) groups is 1. The van der Waals surface area contributed by atoms with Crippen LogP contribution in [0.5, 0.6) is 0 Å². The van der Waals surface area contributed by atoms with Gasteiger partial charge in [0.05, 0.1) is 11.0 Å². The third-order valence-electron chi connectivity index (χ3n) is 3.67. The Morgan fingerprint density at radius 1 is 1.22 bits per heavy atom. The van der Waals surface area contributed by atoms with Crippen LogP contribution in [0.15, 0.2) is 40.9 Å². The number of fused-ring (bicyclic) bond motifs is 2. The number of oxazole rings is 1. The number of aromatic nitrogens is 4. The molecule has 0 aliphatic rings. The first-order valence-electron chi connectivity index (χ1n) is 7.08. The van der Waals surface area contributed by atoms with E-state index in [1.54, 1.807) is 24.4 Å². The summed E-state index contributed by atoms with van der Waals surface area (Å²) in [6.07, 6.45) is 1.65. The molecule has 23 heavy (non-hydrogen) atoms. The molecule has 114 valence electrons. The fourth-order valence-corrected chi connectivity index (χ4v) is 2.45. The summed E-state index contributed by atoms with van der Waals surface area (Å²) >= 11 is 0. The minimum absolute atomic E-state index is 0.0112. The molecule has 0 atom stereocenters. The molecule has 0 amide bonds. The van der Waals surface area contributed by atoms with Gasteiger partial charge in [-0.05, 0) is 37.3 Å². The van der Waals surface area contributed by atoms with Crippen LogP contribution in [0.3, 0.4) is 0 Å². The number of nitrogens with one attached hydrogen (secondary N) is 1. The van der Waals surface area contributed by atoms with Crippen LogP contribution in [0.25, 0.3) is 22.3 Å². The van der Waals surface area contributed by atoms with Gasteiger partial charge in [-0.15, -0.1) is 0 Å². The molecule has 3 heterocycles. The summed E-state index contributed by atoms with van der Waals surface area (Å²) in [7, 11) is 1.88. The zero-order valence-corrected chi connectivity index (χ0v) is 12.6. The predicted molar refractivity (Wildman–Crippen MR) is 85.8 cm³/mol. The molecule has 0 saturated carbocycles. The smallest absolute Gasteiger partial charge is 0.304 e. The summed E-state index contributed by atoms with van der Waals surface area (Å²) in [4.78, 5) is 24.4. The van der Waals surface area contributed by atoms with E-state index in [1.807, 2.05) is 23.7 Å². The molecule has 3 aromatic heterocycles. The van der Waals surface area contributed by atoms with Gasteiger partial charge in [-0.25, -0.2) is 9.97 Å². The van der Waals surface area contributed by atoms with E-state index in [-0.39, 0.29) is 5.78 Å². The van der Waals surface area contributed by atoms with Gasteiger partial charge in [0, 0.05) is 18.8 Å². The lowest BCUT2D eigenvalue weighted by Gasteiger charge is -2.01. The van der Waals surface area contributed by atoms with E-state index in [9.17, 15) is 4.79 Å². The highest BCUT2D eigenvalue weighted by atomic mass is 16.4. The summed E-state index contributed by atoms with van der Waals surface area (Å²) in [5.41, 5.74) is 3.41. The molecule has 0 aliphatic heterocycles. The molecule has 4 rings (SSSR count). The standard InChI is InChI=1S/C16H13N5O2/c1-9(22)10-5-6-13-12(8-10)18-15(21(13)2)20-16-19-11-4-3-7-17-14(11)23-16/h3-8H,1-2H3,(H,18,19,20). The first kappa shape index (κ1) is 13.4. The van der Waals surface area contributed by atoms with Gasteiger partial charge < -0.3 is 8.98 Å². The molecule has 0 saturated heterocycles. The first-order valence-corrected chi connectivity index (χ1v) is 7.08. The molecule has 0 radical (unpaired) electrons. The molecule has 0 bridgehead atoms. The predicted octanol–water partition coefficient (Wildman–Crippen LogP) is 3.06. The van der Waals surface area contributed by atoms with Crippen LogP contribution in [-0.4, -0.2) is 25.3 Å². The third kappa shape index (κ3) is 2.22. The van der Waals surface area contributed by atoms with Crippen molar-refractivity contribution in [3.63, 3.8) is 0 Å². The van der Waals surface area contributed by atoms with Gasteiger partial charge in [0.25, 0.3) is 0 Å². The second-order valence-electron chi connectivity index (χ2n) is 5.23. The van der Waals surface area contributed by atoms with Gasteiger partial charge in [-0.3, -0.25) is 10.1 Å². The number of hydrogen-bond acceptors (Lipinski definition) is 6. The average molecular weight is 307 g/mol. The van der Waals surface area contributed by atoms with Crippen LogP contribution in [0.4, 0.5) is 12.0 Å². The highest BCUT2D eigenvalue weighted by Crippen LogP contribution is 2.24. The number of pyridine rings is 1. The van der Waals surface area contributed by atoms with E-state index in [2.05, 4.69) is 20.3 Å². The van der Waals surface area contributed by atoms with Crippen molar-refractivity contribution in [3.8, 4) is 0 Å². The fraction of sp³-hybridized carbons (Fsp3) is 0.125. The summed E-state index contributed by atoms with van der Waals surface area (Å²) < 4.78 is 7.42. The van der Waals surface area contributed by atoms with Gasteiger partial charge in [0.15, 0.2) is 5.78 Å². The summed E-state index contributed by atoms with van der Waals surface area (Å²) in [6.45, 7) is 1.54. The van der Waals surface area contributed by atoms with Crippen molar-refractivity contribution in [2.24, 2.45) is 7.05 Å². The number of aryl methyl sites for hydroxylation is 1. The van der Waals surface area contributed by atoms with Crippen LogP contribution in [0.2, 0.25) is 0 Å².